The lowest BCUT2D eigenvalue weighted by atomic mass is 10.2. The van der Waals surface area contributed by atoms with Gasteiger partial charge in [0.2, 0.25) is 15.9 Å². The van der Waals surface area contributed by atoms with Crippen LogP contribution in [0.25, 0.3) is 0 Å². The molecule has 2 heterocycles. The molecule has 0 bridgehead atoms. The molecule has 2 N–H and O–H groups in total. The Bertz CT molecular complexity index is 1050. The molecule has 0 saturated carbocycles. The Morgan fingerprint density at radius 1 is 1.06 bits per heavy atom. The zero-order valence-electron chi connectivity index (χ0n) is 18.0. The van der Waals surface area contributed by atoms with E-state index in [9.17, 15) is 18.0 Å². The zero-order valence-corrected chi connectivity index (χ0v) is 18.8. The summed E-state index contributed by atoms with van der Waals surface area (Å²) in [4.78, 5) is 26.1. The number of hydrogen-bond donors (Lipinski definition) is 2. The number of amides is 3. The minimum atomic E-state index is -3.73. The summed E-state index contributed by atoms with van der Waals surface area (Å²) in [5.41, 5.74) is 1.45. The van der Waals surface area contributed by atoms with Gasteiger partial charge in [-0.15, -0.1) is 0 Å². The predicted molar refractivity (Wildman–Crippen MR) is 115 cm³/mol. The zero-order chi connectivity index (χ0) is 22.8. The van der Waals surface area contributed by atoms with E-state index in [1.807, 2.05) is 0 Å². The summed E-state index contributed by atoms with van der Waals surface area (Å²) >= 11 is 0. The maximum Gasteiger partial charge on any atom is 0.321 e. The van der Waals surface area contributed by atoms with Crippen molar-refractivity contribution in [3.8, 4) is 0 Å². The number of aromatic nitrogens is 1. The summed E-state index contributed by atoms with van der Waals surface area (Å²) in [5.74, 6) is -0.0163. The van der Waals surface area contributed by atoms with Gasteiger partial charge in [-0.05, 0) is 32.0 Å². The molecule has 1 saturated heterocycles. The van der Waals surface area contributed by atoms with E-state index in [1.165, 1.54) is 4.31 Å². The highest BCUT2D eigenvalue weighted by Gasteiger charge is 2.34. The third kappa shape index (κ3) is 5.05. The fraction of sp³-hybridized carbons (Fsp3) is 0.450. The molecule has 0 aliphatic carbocycles. The molecule has 10 nitrogen and oxygen atoms in total. The van der Waals surface area contributed by atoms with Crippen molar-refractivity contribution in [1.82, 2.24) is 14.4 Å². The van der Waals surface area contributed by atoms with Crippen LogP contribution in [0.15, 0.2) is 33.7 Å². The molecule has 0 unspecified atom stereocenters. The molecule has 0 spiro atoms. The van der Waals surface area contributed by atoms with Crippen molar-refractivity contribution in [1.29, 1.82) is 0 Å². The van der Waals surface area contributed by atoms with E-state index in [4.69, 9.17) is 4.52 Å². The highest BCUT2D eigenvalue weighted by atomic mass is 32.2. The lowest BCUT2D eigenvalue weighted by Crippen LogP contribution is -2.51. The van der Waals surface area contributed by atoms with E-state index in [-0.39, 0.29) is 54.7 Å². The predicted octanol–water partition coefficient (Wildman–Crippen LogP) is 2.42. The average molecular weight is 450 g/mol. The number of benzene rings is 1. The second kappa shape index (κ2) is 9.06. The molecule has 1 aliphatic heterocycles. The summed E-state index contributed by atoms with van der Waals surface area (Å²) in [7, 11) is -3.73. The number of sulfonamides is 1. The Labute approximate surface area is 181 Å². The van der Waals surface area contributed by atoms with Crippen molar-refractivity contribution < 1.29 is 22.5 Å². The SMILES string of the molecule is Cc1noc(C)c1S(=O)(=O)N1CCN(C(=O)Nc2cccc(NC(=O)C(C)C)c2)CC1. The molecule has 31 heavy (non-hydrogen) atoms. The van der Waals surface area contributed by atoms with Gasteiger partial charge in [0.05, 0.1) is 0 Å². The molecule has 1 aromatic carbocycles. The minimum Gasteiger partial charge on any atom is -0.360 e. The summed E-state index contributed by atoms with van der Waals surface area (Å²) in [6.45, 7) is 7.59. The van der Waals surface area contributed by atoms with Gasteiger partial charge in [0.25, 0.3) is 0 Å². The molecule has 1 fully saturated rings. The molecule has 2 aromatic rings. The molecule has 11 heteroatoms. The van der Waals surface area contributed by atoms with Crippen LogP contribution in [0.2, 0.25) is 0 Å². The van der Waals surface area contributed by atoms with Crippen LogP contribution in [-0.2, 0) is 14.8 Å². The van der Waals surface area contributed by atoms with Gasteiger partial charge in [0.1, 0.15) is 10.6 Å². The van der Waals surface area contributed by atoms with E-state index in [1.54, 1.807) is 56.9 Å². The normalized spacial score (nSPS) is 15.2. The number of anilines is 2. The third-order valence-corrected chi connectivity index (χ3v) is 7.14. The molecule has 3 amide bonds. The monoisotopic (exact) mass is 449 g/mol. The Morgan fingerprint density at radius 3 is 2.23 bits per heavy atom. The van der Waals surface area contributed by atoms with Gasteiger partial charge < -0.3 is 20.1 Å². The van der Waals surface area contributed by atoms with Gasteiger partial charge >= 0.3 is 6.03 Å². The van der Waals surface area contributed by atoms with Crippen LogP contribution < -0.4 is 10.6 Å². The summed E-state index contributed by atoms with van der Waals surface area (Å²) in [5, 5.41) is 9.31. The van der Waals surface area contributed by atoms with Crippen molar-refractivity contribution in [3.63, 3.8) is 0 Å². The van der Waals surface area contributed by atoms with Crippen molar-refractivity contribution in [2.45, 2.75) is 32.6 Å². The van der Waals surface area contributed by atoms with Crippen LogP contribution in [0.4, 0.5) is 16.2 Å². The van der Waals surface area contributed by atoms with E-state index in [0.717, 1.165) is 0 Å². The number of nitrogens with zero attached hydrogens (tertiary/aromatic N) is 3. The van der Waals surface area contributed by atoms with Crippen LogP contribution in [0.1, 0.15) is 25.3 Å². The van der Waals surface area contributed by atoms with Gasteiger partial charge in [-0.1, -0.05) is 25.1 Å². The number of hydrogen-bond acceptors (Lipinski definition) is 6. The van der Waals surface area contributed by atoms with E-state index in [2.05, 4.69) is 15.8 Å². The topological polar surface area (TPSA) is 125 Å². The standard InChI is InChI=1S/C20H27N5O5S/c1-13(2)19(26)21-16-6-5-7-17(12-16)22-20(27)24-8-10-25(11-9-24)31(28,29)18-14(3)23-30-15(18)4/h5-7,12-13H,8-11H2,1-4H3,(H,21,26)(H,22,27). The number of nitrogens with one attached hydrogen (secondary N) is 2. The molecular formula is C20H27N5O5S. The number of carbonyl (C=O) groups is 2. The first-order valence-corrected chi connectivity index (χ1v) is 11.4. The van der Waals surface area contributed by atoms with Gasteiger partial charge in [-0.3, -0.25) is 4.79 Å². The molecular weight excluding hydrogens is 422 g/mol. The van der Waals surface area contributed by atoms with E-state index in [0.29, 0.717) is 17.1 Å². The Kier molecular flexibility index (Phi) is 6.65. The number of aryl methyl sites for hydroxylation is 2. The molecule has 1 aliphatic rings. The second-order valence-electron chi connectivity index (χ2n) is 7.70. The van der Waals surface area contributed by atoms with Gasteiger partial charge in [-0.25, -0.2) is 13.2 Å². The maximum absolute atomic E-state index is 12.9. The number of urea groups is 1. The number of carbonyl (C=O) groups excluding carboxylic acids is 2. The van der Waals surface area contributed by atoms with Crippen LogP contribution in [0.5, 0.6) is 0 Å². The molecule has 1 aromatic heterocycles. The van der Waals surface area contributed by atoms with Crippen LogP contribution in [-0.4, -0.2) is 60.9 Å². The summed E-state index contributed by atoms with van der Waals surface area (Å²) < 4.78 is 32.1. The van der Waals surface area contributed by atoms with Gasteiger partial charge in [-0.2, -0.15) is 4.31 Å². The lowest BCUT2D eigenvalue weighted by molar-refractivity contribution is -0.118. The van der Waals surface area contributed by atoms with Gasteiger partial charge in [0.15, 0.2) is 5.76 Å². The van der Waals surface area contributed by atoms with Crippen LogP contribution >= 0.6 is 0 Å². The van der Waals surface area contributed by atoms with Crippen molar-refractivity contribution >= 4 is 33.3 Å². The van der Waals surface area contributed by atoms with E-state index < -0.39 is 10.0 Å². The summed E-state index contributed by atoms with van der Waals surface area (Å²) in [6.07, 6.45) is 0. The van der Waals surface area contributed by atoms with Gasteiger partial charge in [0, 0.05) is 43.5 Å². The molecule has 0 atom stereocenters. The molecule has 3 rings (SSSR count). The first kappa shape index (κ1) is 22.8. The molecule has 0 radical (unpaired) electrons. The van der Waals surface area contributed by atoms with Crippen molar-refractivity contribution in [2.75, 3.05) is 36.8 Å². The number of rotatable bonds is 5. The average Bonchev–Trinajstić information content (AvgIpc) is 3.07. The second-order valence-corrected chi connectivity index (χ2v) is 9.57. The first-order valence-electron chi connectivity index (χ1n) is 9.99. The lowest BCUT2D eigenvalue weighted by Gasteiger charge is -2.33. The fourth-order valence-electron chi connectivity index (χ4n) is 3.27. The highest BCUT2D eigenvalue weighted by molar-refractivity contribution is 7.89. The Morgan fingerprint density at radius 2 is 1.68 bits per heavy atom. The minimum absolute atomic E-state index is 0.0886. The molecule has 168 valence electrons. The highest BCUT2D eigenvalue weighted by Crippen LogP contribution is 2.24. The largest absolute Gasteiger partial charge is 0.360 e. The van der Waals surface area contributed by atoms with Crippen LogP contribution in [0, 0.1) is 19.8 Å². The maximum atomic E-state index is 12.9. The quantitative estimate of drug-likeness (QED) is 0.722. The Hall–Kier alpha value is -2.92. The van der Waals surface area contributed by atoms with Crippen molar-refractivity contribution in [3.05, 3.63) is 35.7 Å². The van der Waals surface area contributed by atoms with Crippen molar-refractivity contribution in [2.24, 2.45) is 5.92 Å². The first-order chi connectivity index (χ1) is 14.6. The van der Waals surface area contributed by atoms with E-state index >= 15 is 0 Å². The third-order valence-electron chi connectivity index (χ3n) is 5.00. The fourth-order valence-corrected chi connectivity index (χ4v) is 4.98. The Balaban J connectivity index is 1.60. The number of piperazine rings is 1. The van der Waals surface area contributed by atoms with Crippen LogP contribution in [0.3, 0.4) is 0 Å². The summed E-state index contributed by atoms with van der Waals surface area (Å²) in [6, 6.07) is 6.55. The smallest absolute Gasteiger partial charge is 0.321 e.